The number of carbonyl (C=O) groups excluding carboxylic acids is 2. The number of rotatable bonds is 9. The van der Waals surface area contributed by atoms with Crippen LogP contribution in [0.3, 0.4) is 0 Å². The minimum absolute atomic E-state index is 0.135. The lowest BCUT2D eigenvalue weighted by Gasteiger charge is -2.14. The molecule has 26 heavy (non-hydrogen) atoms. The second-order valence-corrected chi connectivity index (χ2v) is 5.80. The van der Waals surface area contributed by atoms with Crippen LogP contribution in [-0.2, 0) is 16.0 Å². The van der Waals surface area contributed by atoms with Crippen LogP contribution < -0.4 is 15.2 Å². The van der Waals surface area contributed by atoms with Gasteiger partial charge in [-0.15, -0.1) is 0 Å². The Kier molecular flexibility index (Phi) is 7.02. The van der Waals surface area contributed by atoms with Crippen molar-refractivity contribution in [3.8, 4) is 11.5 Å². The van der Waals surface area contributed by atoms with Crippen LogP contribution in [0, 0.1) is 6.92 Å². The molecule has 0 aliphatic carbocycles. The average Bonchev–Trinajstić information content (AvgIpc) is 2.59. The number of ether oxygens (including phenoxy) is 3. The van der Waals surface area contributed by atoms with Crippen LogP contribution in [0.15, 0.2) is 42.5 Å². The van der Waals surface area contributed by atoms with Gasteiger partial charge in [-0.25, -0.2) is 0 Å². The molecule has 0 fully saturated rings. The lowest BCUT2D eigenvalue weighted by Crippen LogP contribution is -2.13. The predicted octanol–water partition coefficient (Wildman–Crippen LogP) is 2.66. The molecule has 0 saturated carbocycles. The van der Waals surface area contributed by atoms with E-state index in [1.807, 2.05) is 25.1 Å². The second-order valence-electron chi connectivity index (χ2n) is 5.80. The zero-order valence-corrected chi connectivity index (χ0v) is 15.0. The zero-order valence-electron chi connectivity index (χ0n) is 15.0. The van der Waals surface area contributed by atoms with Crippen LogP contribution in [-0.4, -0.2) is 31.7 Å². The van der Waals surface area contributed by atoms with Gasteiger partial charge in [0.2, 0.25) is 5.91 Å². The average molecular weight is 357 g/mol. The maximum absolute atomic E-state index is 11.4. The quantitative estimate of drug-likeness (QED) is 0.551. The van der Waals surface area contributed by atoms with Crippen molar-refractivity contribution in [2.75, 3.05) is 19.8 Å². The molecule has 2 aromatic rings. The van der Waals surface area contributed by atoms with Crippen LogP contribution in [0.2, 0.25) is 0 Å². The summed E-state index contributed by atoms with van der Waals surface area (Å²) in [5, 5.41) is 0. The van der Waals surface area contributed by atoms with Gasteiger partial charge in [-0.2, -0.15) is 0 Å². The van der Waals surface area contributed by atoms with E-state index in [4.69, 9.17) is 19.9 Å². The van der Waals surface area contributed by atoms with Crippen LogP contribution in [0.25, 0.3) is 0 Å². The van der Waals surface area contributed by atoms with Gasteiger partial charge in [-0.3, -0.25) is 9.59 Å². The largest absolute Gasteiger partial charge is 0.489 e. The molecular weight excluding hydrogens is 334 g/mol. The fraction of sp³-hybridized carbons (Fsp3) is 0.300. The number of hydrogen-bond donors (Lipinski definition) is 1. The molecule has 0 radical (unpaired) electrons. The van der Waals surface area contributed by atoms with Gasteiger partial charge in [-0.1, -0.05) is 29.8 Å². The molecule has 2 aromatic carbocycles. The Balaban J connectivity index is 2.01. The molecule has 6 nitrogen and oxygen atoms in total. The Morgan fingerprint density at radius 3 is 2.42 bits per heavy atom. The molecule has 1 amide bonds. The number of esters is 1. The third-order valence-electron chi connectivity index (χ3n) is 3.61. The lowest BCUT2D eigenvalue weighted by atomic mass is 10.1. The number of carbonyl (C=O) groups is 2. The van der Waals surface area contributed by atoms with Gasteiger partial charge in [-0.05, 0) is 30.7 Å². The van der Waals surface area contributed by atoms with Crippen LogP contribution >= 0.6 is 0 Å². The van der Waals surface area contributed by atoms with E-state index in [1.165, 1.54) is 12.5 Å². The number of amides is 1. The summed E-state index contributed by atoms with van der Waals surface area (Å²) < 4.78 is 16.2. The number of primary amides is 1. The molecule has 138 valence electrons. The predicted molar refractivity (Wildman–Crippen MR) is 97.5 cm³/mol. The number of nitrogens with two attached hydrogens (primary N) is 1. The number of aryl methyl sites for hydroxylation is 1. The molecular formula is C20H23NO5. The van der Waals surface area contributed by atoms with E-state index in [1.54, 1.807) is 18.2 Å². The molecule has 0 aliphatic heterocycles. The number of benzene rings is 2. The van der Waals surface area contributed by atoms with Gasteiger partial charge in [0.25, 0.3) is 0 Å². The van der Waals surface area contributed by atoms with Crippen molar-refractivity contribution >= 4 is 11.9 Å². The fourth-order valence-electron chi connectivity index (χ4n) is 2.38. The van der Waals surface area contributed by atoms with E-state index in [0.29, 0.717) is 23.7 Å². The van der Waals surface area contributed by atoms with Gasteiger partial charge in [0, 0.05) is 18.9 Å². The maximum atomic E-state index is 11.4. The SMILES string of the molecule is CC(=O)OCCOc1ccc(C(N)=O)cc1OCCc1cccc(C)c1. The first-order valence-corrected chi connectivity index (χ1v) is 8.34. The molecule has 0 bridgehead atoms. The molecule has 0 atom stereocenters. The molecule has 0 saturated heterocycles. The van der Waals surface area contributed by atoms with Gasteiger partial charge in [0.1, 0.15) is 13.2 Å². The topological polar surface area (TPSA) is 87.9 Å². The van der Waals surface area contributed by atoms with E-state index >= 15 is 0 Å². The van der Waals surface area contributed by atoms with E-state index in [-0.39, 0.29) is 19.2 Å². The van der Waals surface area contributed by atoms with Crippen LogP contribution in [0.5, 0.6) is 11.5 Å². The maximum Gasteiger partial charge on any atom is 0.302 e. The summed E-state index contributed by atoms with van der Waals surface area (Å²) in [4.78, 5) is 22.2. The summed E-state index contributed by atoms with van der Waals surface area (Å²) in [5.74, 6) is -0.0181. The highest BCUT2D eigenvalue weighted by atomic mass is 16.6. The zero-order chi connectivity index (χ0) is 18.9. The highest BCUT2D eigenvalue weighted by Gasteiger charge is 2.10. The van der Waals surface area contributed by atoms with Crippen molar-refractivity contribution in [3.63, 3.8) is 0 Å². The summed E-state index contributed by atoms with van der Waals surface area (Å²) in [5.41, 5.74) is 8.02. The lowest BCUT2D eigenvalue weighted by molar-refractivity contribution is -0.141. The molecule has 0 aromatic heterocycles. The van der Waals surface area contributed by atoms with Crippen molar-refractivity contribution in [1.82, 2.24) is 0 Å². The highest BCUT2D eigenvalue weighted by Crippen LogP contribution is 2.28. The van der Waals surface area contributed by atoms with Crippen LogP contribution in [0.4, 0.5) is 0 Å². The van der Waals surface area contributed by atoms with E-state index in [2.05, 4.69) is 6.07 Å². The van der Waals surface area contributed by atoms with E-state index in [0.717, 1.165) is 12.0 Å². The molecule has 0 aliphatic rings. The van der Waals surface area contributed by atoms with Crippen molar-refractivity contribution in [2.45, 2.75) is 20.3 Å². The monoisotopic (exact) mass is 357 g/mol. The first-order valence-electron chi connectivity index (χ1n) is 8.34. The summed E-state index contributed by atoms with van der Waals surface area (Å²) >= 11 is 0. The van der Waals surface area contributed by atoms with Gasteiger partial charge >= 0.3 is 5.97 Å². The normalized spacial score (nSPS) is 10.2. The molecule has 0 spiro atoms. The summed E-state index contributed by atoms with van der Waals surface area (Å²) in [6.45, 7) is 4.11. The summed E-state index contributed by atoms with van der Waals surface area (Å²) in [7, 11) is 0. The Morgan fingerprint density at radius 2 is 1.73 bits per heavy atom. The molecule has 0 unspecified atom stereocenters. The minimum Gasteiger partial charge on any atom is -0.489 e. The Bertz CT molecular complexity index is 773. The second kappa shape index (κ2) is 9.46. The fourth-order valence-corrected chi connectivity index (χ4v) is 2.38. The molecule has 6 heteroatoms. The third-order valence-corrected chi connectivity index (χ3v) is 3.61. The van der Waals surface area contributed by atoms with E-state index in [9.17, 15) is 9.59 Å². The highest BCUT2D eigenvalue weighted by molar-refractivity contribution is 5.93. The Labute approximate surface area is 152 Å². The van der Waals surface area contributed by atoms with Crippen molar-refractivity contribution in [1.29, 1.82) is 0 Å². The van der Waals surface area contributed by atoms with E-state index < -0.39 is 5.91 Å². The first kappa shape index (κ1) is 19.3. The molecule has 0 heterocycles. The van der Waals surface area contributed by atoms with Gasteiger partial charge < -0.3 is 19.9 Å². The molecule has 2 N–H and O–H groups in total. The Hall–Kier alpha value is -3.02. The Morgan fingerprint density at radius 1 is 0.962 bits per heavy atom. The van der Waals surface area contributed by atoms with Crippen molar-refractivity contribution in [3.05, 3.63) is 59.2 Å². The summed E-state index contributed by atoms with van der Waals surface area (Å²) in [6, 6.07) is 12.9. The molecule has 2 rings (SSSR count). The minimum atomic E-state index is -0.542. The van der Waals surface area contributed by atoms with Crippen LogP contribution in [0.1, 0.15) is 28.4 Å². The summed E-state index contributed by atoms with van der Waals surface area (Å²) in [6.07, 6.45) is 0.718. The van der Waals surface area contributed by atoms with Gasteiger partial charge in [0.05, 0.1) is 6.61 Å². The van der Waals surface area contributed by atoms with Crippen molar-refractivity contribution < 1.29 is 23.8 Å². The standard InChI is InChI=1S/C20H23NO5/c1-14-4-3-5-16(12-14)8-9-25-19-13-17(20(21)23)6-7-18(19)26-11-10-24-15(2)22/h3-7,12-13H,8-11H2,1-2H3,(H2,21,23). The first-order chi connectivity index (χ1) is 12.5. The third kappa shape index (κ3) is 6.12. The number of hydrogen-bond acceptors (Lipinski definition) is 5. The smallest absolute Gasteiger partial charge is 0.302 e. The van der Waals surface area contributed by atoms with Gasteiger partial charge in [0.15, 0.2) is 11.5 Å². The van der Waals surface area contributed by atoms with Crippen molar-refractivity contribution in [2.24, 2.45) is 5.73 Å².